The number of oxazole rings is 1. The van der Waals surface area contributed by atoms with Gasteiger partial charge < -0.3 is 25.5 Å². The Kier molecular flexibility index (Phi) is 8.07. The number of fused-ring (bicyclic) bond motifs is 1. The van der Waals surface area contributed by atoms with Crippen molar-refractivity contribution >= 4 is 34.3 Å². The summed E-state index contributed by atoms with van der Waals surface area (Å²) in [4.78, 5) is 33.1. The zero-order chi connectivity index (χ0) is 28.3. The van der Waals surface area contributed by atoms with E-state index < -0.39 is 29.7 Å². The molecule has 2 aromatic heterocycles. The molecule has 0 radical (unpaired) electrons. The molecule has 39 heavy (non-hydrogen) atoms. The van der Waals surface area contributed by atoms with Crippen LogP contribution in [0.1, 0.15) is 40.5 Å². The number of aromatic nitrogens is 2. The fourth-order valence-corrected chi connectivity index (χ4v) is 3.86. The van der Waals surface area contributed by atoms with Crippen LogP contribution in [-0.4, -0.2) is 35.4 Å². The van der Waals surface area contributed by atoms with Crippen molar-refractivity contribution in [1.29, 1.82) is 0 Å². The van der Waals surface area contributed by atoms with Gasteiger partial charge in [-0.3, -0.25) is 9.59 Å². The quantitative estimate of drug-likeness (QED) is 0.285. The molecular formula is C26H23ClF3N5O4. The number of rotatable bonds is 8. The number of halogens is 4. The summed E-state index contributed by atoms with van der Waals surface area (Å²) >= 11 is 5.85. The molecule has 0 unspecified atom stereocenters. The van der Waals surface area contributed by atoms with Gasteiger partial charge in [0, 0.05) is 22.5 Å². The van der Waals surface area contributed by atoms with Gasteiger partial charge in [-0.2, -0.15) is 13.2 Å². The second-order valence-corrected chi connectivity index (χ2v) is 8.95. The van der Waals surface area contributed by atoms with E-state index in [0.717, 1.165) is 11.6 Å². The molecule has 0 saturated heterocycles. The fraction of sp³-hybridized carbons (Fsp3) is 0.231. The lowest BCUT2D eigenvalue weighted by Crippen LogP contribution is -2.37. The number of nitrogens with one attached hydrogen (secondary N) is 2. The Morgan fingerprint density at radius 3 is 2.44 bits per heavy atom. The molecule has 2 heterocycles. The number of hydrogen-bond acceptors (Lipinski definition) is 7. The highest BCUT2D eigenvalue weighted by atomic mass is 35.5. The lowest BCUT2D eigenvalue weighted by Gasteiger charge is -2.11. The molecule has 0 aliphatic rings. The number of benzene rings is 2. The zero-order valence-electron chi connectivity index (χ0n) is 20.7. The van der Waals surface area contributed by atoms with Crippen molar-refractivity contribution in [2.45, 2.75) is 25.7 Å². The number of amides is 2. The van der Waals surface area contributed by atoms with E-state index in [1.807, 2.05) is 0 Å². The van der Waals surface area contributed by atoms with Crippen molar-refractivity contribution in [3.63, 3.8) is 0 Å². The van der Waals surface area contributed by atoms with Gasteiger partial charge in [0.25, 0.3) is 5.91 Å². The molecule has 0 bridgehead atoms. The van der Waals surface area contributed by atoms with Gasteiger partial charge in [-0.15, -0.1) is 0 Å². The number of carbonyl (C=O) groups is 2. The Balaban J connectivity index is 1.57. The van der Waals surface area contributed by atoms with E-state index in [0.29, 0.717) is 5.02 Å². The molecule has 9 nitrogen and oxygen atoms in total. The lowest BCUT2D eigenvalue weighted by atomic mass is 10.1. The summed E-state index contributed by atoms with van der Waals surface area (Å²) in [6.07, 6.45) is -4.66. The largest absolute Gasteiger partial charge is 0.494 e. The number of nitrogens with zero attached hydrogens (tertiary/aromatic N) is 2. The average molecular weight is 562 g/mol. The summed E-state index contributed by atoms with van der Waals surface area (Å²) in [5, 5.41) is 5.98. The van der Waals surface area contributed by atoms with Crippen LogP contribution in [0, 0.1) is 0 Å². The van der Waals surface area contributed by atoms with Crippen molar-refractivity contribution in [3.8, 4) is 17.2 Å². The molecule has 0 spiro atoms. The third kappa shape index (κ3) is 6.29. The van der Waals surface area contributed by atoms with Crippen LogP contribution in [0.5, 0.6) is 5.75 Å². The predicted molar refractivity (Wildman–Crippen MR) is 137 cm³/mol. The normalized spacial score (nSPS) is 12.3. The summed E-state index contributed by atoms with van der Waals surface area (Å²) in [5.74, 6) is -1.07. The Labute approximate surface area is 225 Å². The molecule has 0 saturated carbocycles. The maximum Gasteiger partial charge on any atom is 0.433 e. The third-order valence-corrected chi connectivity index (χ3v) is 5.91. The van der Waals surface area contributed by atoms with Crippen LogP contribution >= 0.6 is 11.6 Å². The Hall–Kier alpha value is -4.16. The first-order valence-corrected chi connectivity index (χ1v) is 12.0. The molecule has 2 aromatic carbocycles. The molecular weight excluding hydrogens is 539 g/mol. The minimum atomic E-state index is -4.66. The summed E-state index contributed by atoms with van der Waals surface area (Å²) in [6, 6.07) is 11.2. The number of methoxy groups -OCH3 is 1. The van der Waals surface area contributed by atoms with E-state index in [1.54, 1.807) is 31.2 Å². The van der Waals surface area contributed by atoms with Crippen molar-refractivity contribution in [2.24, 2.45) is 5.73 Å². The molecule has 13 heteroatoms. The molecule has 2 amide bonds. The van der Waals surface area contributed by atoms with Crippen LogP contribution in [0.15, 0.2) is 52.9 Å². The van der Waals surface area contributed by atoms with E-state index in [4.69, 9.17) is 26.5 Å². The van der Waals surface area contributed by atoms with Gasteiger partial charge in [0.2, 0.25) is 11.8 Å². The second-order valence-electron chi connectivity index (χ2n) is 8.51. The van der Waals surface area contributed by atoms with Crippen molar-refractivity contribution in [1.82, 2.24) is 20.6 Å². The molecule has 204 valence electrons. The number of carbonyl (C=O) groups excluding carboxylic acids is 2. The maximum absolute atomic E-state index is 13.3. The van der Waals surface area contributed by atoms with Crippen LogP contribution < -0.4 is 21.1 Å². The first-order chi connectivity index (χ1) is 18.5. The van der Waals surface area contributed by atoms with Crippen LogP contribution in [0.3, 0.4) is 0 Å². The number of pyridine rings is 1. The molecule has 4 N–H and O–H groups in total. The zero-order valence-corrected chi connectivity index (χ0v) is 21.5. The minimum Gasteiger partial charge on any atom is -0.494 e. The predicted octanol–water partition coefficient (Wildman–Crippen LogP) is 4.64. The summed E-state index contributed by atoms with van der Waals surface area (Å²) in [5.41, 5.74) is 5.77. The minimum absolute atomic E-state index is 0.0351. The average Bonchev–Trinajstić information content (AvgIpc) is 3.36. The van der Waals surface area contributed by atoms with Gasteiger partial charge in [-0.25, -0.2) is 9.97 Å². The van der Waals surface area contributed by atoms with E-state index in [1.165, 1.54) is 25.3 Å². The molecule has 1 atom stereocenters. The van der Waals surface area contributed by atoms with Crippen LogP contribution in [0.4, 0.5) is 13.2 Å². The van der Waals surface area contributed by atoms with Crippen LogP contribution in [-0.2, 0) is 17.5 Å². The molecule has 0 fully saturated rings. The van der Waals surface area contributed by atoms with E-state index >= 15 is 0 Å². The van der Waals surface area contributed by atoms with Crippen LogP contribution in [0.25, 0.3) is 22.4 Å². The standard InChI is InChI=1S/C26H23ClF3N5O4/c1-13(31)23-22(24(37)33-12-20(36)32-11-14-3-5-15(27)6-4-14)35-25(39-23)17-7-9-18(38-2)21-16(17)8-10-19(34-21)26(28,29)30/h3-10,13H,11-12,31H2,1-2H3,(H,32,36)(H,33,37)/t13-/m0/s1. The highest BCUT2D eigenvalue weighted by Gasteiger charge is 2.33. The monoisotopic (exact) mass is 561 g/mol. The second kappa shape index (κ2) is 11.3. The summed E-state index contributed by atoms with van der Waals surface area (Å²) < 4.78 is 50.8. The van der Waals surface area contributed by atoms with Crippen molar-refractivity contribution in [2.75, 3.05) is 13.7 Å². The summed E-state index contributed by atoms with van der Waals surface area (Å²) in [6.45, 7) is 1.46. The molecule has 4 aromatic rings. The third-order valence-electron chi connectivity index (χ3n) is 5.66. The van der Waals surface area contributed by atoms with Gasteiger partial charge in [-0.1, -0.05) is 23.7 Å². The van der Waals surface area contributed by atoms with Gasteiger partial charge >= 0.3 is 6.18 Å². The molecule has 0 aliphatic carbocycles. The van der Waals surface area contributed by atoms with Crippen molar-refractivity contribution in [3.05, 3.63) is 76.3 Å². The van der Waals surface area contributed by atoms with Gasteiger partial charge in [0.15, 0.2) is 11.5 Å². The number of ether oxygens (including phenoxy) is 1. The van der Waals surface area contributed by atoms with Crippen LogP contribution in [0.2, 0.25) is 5.02 Å². The number of nitrogens with two attached hydrogens (primary N) is 1. The fourth-order valence-electron chi connectivity index (χ4n) is 3.73. The molecule has 4 rings (SSSR count). The Bertz CT molecular complexity index is 1520. The lowest BCUT2D eigenvalue weighted by molar-refractivity contribution is -0.141. The highest BCUT2D eigenvalue weighted by Crippen LogP contribution is 2.37. The van der Waals surface area contributed by atoms with Gasteiger partial charge in [0.05, 0.1) is 19.7 Å². The summed E-state index contributed by atoms with van der Waals surface area (Å²) in [7, 11) is 1.31. The van der Waals surface area contributed by atoms with Gasteiger partial charge in [0.1, 0.15) is 17.0 Å². The van der Waals surface area contributed by atoms with Crippen molar-refractivity contribution < 1.29 is 31.9 Å². The highest BCUT2D eigenvalue weighted by molar-refractivity contribution is 6.30. The first-order valence-electron chi connectivity index (χ1n) is 11.6. The Morgan fingerprint density at radius 1 is 1.08 bits per heavy atom. The Morgan fingerprint density at radius 2 is 1.79 bits per heavy atom. The smallest absolute Gasteiger partial charge is 0.433 e. The van der Waals surface area contributed by atoms with E-state index in [-0.39, 0.29) is 52.7 Å². The van der Waals surface area contributed by atoms with Gasteiger partial charge in [-0.05, 0) is 48.9 Å². The topological polar surface area (TPSA) is 132 Å². The number of alkyl halides is 3. The molecule has 0 aliphatic heterocycles. The number of hydrogen-bond donors (Lipinski definition) is 3. The SMILES string of the molecule is COc1ccc(-c2nc(C(=O)NCC(=O)NCc3ccc(Cl)cc3)c([C@H](C)N)o2)c2ccc(C(F)(F)F)nc12. The van der Waals surface area contributed by atoms with E-state index in [9.17, 15) is 22.8 Å². The first kappa shape index (κ1) is 27.9. The maximum atomic E-state index is 13.3. The van der Waals surface area contributed by atoms with E-state index in [2.05, 4.69) is 20.6 Å².